The van der Waals surface area contributed by atoms with Crippen molar-refractivity contribution >= 4 is 0 Å². The maximum absolute atomic E-state index is 13.9. The molecule has 0 aliphatic rings. The summed E-state index contributed by atoms with van der Waals surface area (Å²) < 4.78 is 18.8. The van der Waals surface area contributed by atoms with E-state index in [2.05, 4.69) is 0 Å². The Hall–Kier alpha value is -1.13. The normalized spacial score (nSPS) is 14.4. The van der Waals surface area contributed by atoms with Crippen molar-refractivity contribution in [2.75, 3.05) is 7.11 Å². The molecular formula is C13H20FNO2. The van der Waals surface area contributed by atoms with Crippen molar-refractivity contribution < 1.29 is 14.2 Å². The number of halogens is 1. The Balaban J connectivity index is 2.84. The molecule has 2 atom stereocenters. The molecule has 0 aliphatic heterocycles. The van der Waals surface area contributed by atoms with Crippen LogP contribution in [0.15, 0.2) is 18.2 Å². The fraction of sp³-hybridized carbons (Fsp3) is 0.538. The van der Waals surface area contributed by atoms with Gasteiger partial charge in [-0.1, -0.05) is 31.9 Å². The minimum atomic E-state index is -0.725. The highest BCUT2D eigenvalue weighted by molar-refractivity contribution is 5.33. The molecule has 1 rings (SSSR count). The Morgan fingerprint density at radius 3 is 2.76 bits per heavy atom. The lowest BCUT2D eigenvalue weighted by Crippen LogP contribution is -2.27. The highest BCUT2D eigenvalue weighted by Gasteiger charge is 2.21. The molecule has 3 N–H and O–H groups in total. The van der Waals surface area contributed by atoms with E-state index in [9.17, 15) is 9.50 Å². The van der Waals surface area contributed by atoms with Crippen LogP contribution in [0.5, 0.6) is 5.75 Å². The topological polar surface area (TPSA) is 55.5 Å². The Morgan fingerprint density at radius 1 is 1.47 bits per heavy atom. The molecular weight excluding hydrogens is 221 g/mol. The second-order valence-electron chi connectivity index (χ2n) is 4.10. The van der Waals surface area contributed by atoms with Gasteiger partial charge < -0.3 is 15.6 Å². The van der Waals surface area contributed by atoms with Gasteiger partial charge in [0.2, 0.25) is 0 Å². The number of aliphatic hydroxyl groups is 1. The molecule has 0 spiro atoms. The first-order valence-corrected chi connectivity index (χ1v) is 5.87. The maximum atomic E-state index is 13.9. The van der Waals surface area contributed by atoms with Crippen molar-refractivity contribution in [3.8, 4) is 5.75 Å². The molecule has 0 unspecified atom stereocenters. The standard InChI is InChI=1S/C13H20FNO2/c1-3-4-7-10(16)13(15)9-6-5-8-11(17-2)12(9)14/h5-6,8,10,13,16H,3-4,7,15H2,1-2H3/t10-,13+/m1/s1. The molecule has 3 nitrogen and oxygen atoms in total. The van der Waals surface area contributed by atoms with E-state index in [1.807, 2.05) is 6.92 Å². The molecule has 0 saturated carbocycles. The number of nitrogens with two attached hydrogens (primary N) is 1. The number of unbranched alkanes of at least 4 members (excludes halogenated alkanes) is 1. The van der Waals surface area contributed by atoms with Gasteiger partial charge in [0.1, 0.15) is 0 Å². The molecule has 0 aromatic heterocycles. The van der Waals surface area contributed by atoms with Gasteiger partial charge in [0.05, 0.1) is 19.3 Å². The molecule has 0 fully saturated rings. The van der Waals surface area contributed by atoms with Gasteiger partial charge in [0.15, 0.2) is 11.6 Å². The monoisotopic (exact) mass is 241 g/mol. The summed E-state index contributed by atoms with van der Waals surface area (Å²) in [7, 11) is 1.40. The summed E-state index contributed by atoms with van der Waals surface area (Å²) in [4.78, 5) is 0. The predicted octanol–water partition coefficient (Wildman–Crippen LogP) is 2.39. The highest BCUT2D eigenvalue weighted by Crippen LogP contribution is 2.26. The summed E-state index contributed by atoms with van der Waals surface area (Å²) in [5.74, 6) is -0.335. The molecule has 4 heteroatoms. The Labute approximate surface area is 101 Å². The van der Waals surface area contributed by atoms with Crippen LogP contribution in [-0.4, -0.2) is 18.3 Å². The van der Waals surface area contributed by atoms with E-state index in [1.165, 1.54) is 13.2 Å². The van der Waals surface area contributed by atoms with Crippen LogP contribution < -0.4 is 10.5 Å². The highest BCUT2D eigenvalue weighted by atomic mass is 19.1. The van der Waals surface area contributed by atoms with Gasteiger partial charge in [0.25, 0.3) is 0 Å². The number of rotatable bonds is 6. The third kappa shape index (κ3) is 3.41. The van der Waals surface area contributed by atoms with Gasteiger partial charge in [-0.15, -0.1) is 0 Å². The van der Waals surface area contributed by atoms with Crippen molar-refractivity contribution in [3.05, 3.63) is 29.6 Å². The average molecular weight is 241 g/mol. The van der Waals surface area contributed by atoms with Crippen molar-refractivity contribution in [1.82, 2.24) is 0 Å². The van der Waals surface area contributed by atoms with Crippen LogP contribution in [0, 0.1) is 5.82 Å². The van der Waals surface area contributed by atoms with Crippen LogP contribution in [0.25, 0.3) is 0 Å². The zero-order chi connectivity index (χ0) is 12.8. The lowest BCUT2D eigenvalue weighted by atomic mass is 9.98. The number of aliphatic hydroxyl groups excluding tert-OH is 1. The molecule has 0 heterocycles. The van der Waals surface area contributed by atoms with E-state index in [-0.39, 0.29) is 5.75 Å². The SMILES string of the molecule is CCCC[C@@H](O)[C@@H](N)c1cccc(OC)c1F. The fourth-order valence-corrected chi connectivity index (χ4v) is 1.74. The second kappa shape index (κ2) is 6.57. The fourth-order valence-electron chi connectivity index (χ4n) is 1.74. The summed E-state index contributed by atoms with van der Waals surface area (Å²) in [6.45, 7) is 2.03. The lowest BCUT2D eigenvalue weighted by Gasteiger charge is -2.20. The zero-order valence-electron chi connectivity index (χ0n) is 10.3. The molecule has 1 aromatic carbocycles. The summed E-state index contributed by atoms with van der Waals surface area (Å²) >= 11 is 0. The van der Waals surface area contributed by atoms with Gasteiger partial charge in [-0.2, -0.15) is 0 Å². The molecule has 96 valence electrons. The summed E-state index contributed by atoms with van der Waals surface area (Å²) in [6.07, 6.45) is 1.70. The maximum Gasteiger partial charge on any atom is 0.169 e. The Bertz CT molecular complexity index is 357. The third-order valence-corrected chi connectivity index (χ3v) is 2.84. The molecule has 0 amide bonds. The number of methoxy groups -OCH3 is 1. The third-order valence-electron chi connectivity index (χ3n) is 2.84. The number of benzene rings is 1. The number of hydrogen-bond acceptors (Lipinski definition) is 3. The average Bonchev–Trinajstić information content (AvgIpc) is 2.35. The summed E-state index contributed by atoms with van der Waals surface area (Å²) in [5, 5.41) is 9.86. The smallest absolute Gasteiger partial charge is 0.169 e. The van der Waals surface area contributed by atoms with E-state index in [4.69, 9.17) is 10.5 Å². The zero-order valence-corrected chi connectivity index (χ0v) is 10.3. The summed E-state index contributed by atoms with van der Waals surface area (Å²) in [5.41, 5.74) is 6.16. The second-order valence-corrected chi connectivity index (χ2v) is 4.10. The quantitative estimate of drug-likeness (QED) is 0.804. The van der Waals surface area contributed by atoms with Crippen molar-refractivity contribution in [3.63, 3.8) is 0 Å². The van der Waals surface area contributed by atoms with Gasteiger partial charge >= 0.3 is 0 Å². The molecule has 17 heavy (non-hydrogen) atoms. The number of hydrogen-bond donors (Lipinski definition) is 2. The van der Waals surface area contributed by atoms with E-state index >= 15 is 0 Å². The van der Waals surface area contributed by atoms with Gasteiger partial charge in [-0.25, -0.2) is 4.39 Å². The van der Waals surface area contributed by atoms with Crippen LogP contribution in [0.3, 0.4) is 0 Å². The number of ether oxygens (including phenoxy) is 1. The van der Waals surface area contributed by atoms with Crippen LogP contribution in [0.2, 0.25) is 0 Å². The van der Waals surface area contributed by atoms with Gasteiger partial charge in [-0.05, 0) is 12.5 Å². The van der Waals surface area contributed by atoms with E-state index in [0.717, 1.165) is 12.8 Å². The first-order chi connectivity index (χ1) is 8.11. The molecule has 0 bridgehead atoms. The largest absolute Gasteiger partial charge is 0.494 e. The lowest BCUT2D eigenvalue weighted by molar-refractivity contribution is 0.130. The molecule has 0 radical (unpaired) electrons. The first kappa shape index (κ1) is 13.9. The predicted molar refractivity (Wildman–Crippen MR) is 65.4 cm³/mol. The van der Waals surface area contributed by atoms with Gasteiger partial charge in [-0.3, -0.25) is 0 Å². The Morgan fingerprint density at radius 2 is 2.18 bits per heavy atom. The van der Waals surface area contributed by atoms with Crippen molar-refractivity contribution in [1.29, 1.82) is 0 Å². The summed E-state index contributed by atoms with van der Waals surface area (Å²) in [6, 6.07) is 4.07. The van der Waals surface area contributed by atoms with Crippen molar-refractivity contribution in [2.45, 2.75) is 38.3 Å². The van der Waals surface area contributed by atoms with E-state index < -0.39 is 18.0 Å². The first-order valence-electron chi connectivity index (χ1n) is 5.87. The van der Waals surface area contributed by atoms with E-state index in [0.29, 0.717) is 12.0 Å². The van der Waals surface area contributed by atoms with Crippen LogP contribution in [0.1, 0.15) is 37.8 Å². The minimum absolute atomic E-state index is 0.153. The molecule has 0 aliphatic carbocycles. The Kier molecular flexibility index (Phi) is 5.38. The van der Waals surface area contributed by atoms with Crippen molar-refractivity contribution in [2.24, 2.45) is 5.73 Å². The van der Waals surface area contributed by atoms with Gasteiger partial charge in [0, 0.05) is 5.56 Å². The van der Waals surface area contributed by atoms with Crippen LogP contribution in [-0.2, 0) is 0 Å². The van der Waals surface area contributed by atoms with Crippen LogP contribution >= 0.6 is 0 Å². The van der Waals surface area contributed by atoms with Crippen LogP contribution in [0.4, 0.5) is 4.39 Å². The molecule has 1 aromatic rings. The molecule has 0 saturated heterocycles. The van der Waals surface area contributed by atoms with E-state index in [1.54, 1.807) is 12.1 Å². The minimum Gasteiger partial charge on any atom is -0.494 e.